The number of carbonyl (C=O) groups excluding carboxylic acids is 3. The predicted octanol–water partition coefficient (Wildman–Crippen LogP) is 7.51. The summed E-state index contributed by atoms with van der Waals surface area (Å²) < 4.78 is 71.6. The summed E-state index contributed by atoms with van der Waals surface area (Å²) in [5.74, 6) is -7.60. The maximum atomic E-state index is 13.7. The molecular weight excluding hydrogens is 1100 g/mol. The number of alkyl halides is 4. The minimum atomic E-state index is -2.79. The van der Waals surface area contributed by atoms with Gasteiger partial charge in [-0.1, -0.05) is 65.7 Å². The van der Waals surface area contributed by atoms with Crippen LogP contribution >= 0.6 is 12.4 Å². The van der Waals surface area contributed by atoms with Gasteiger partial charge >= 0.3 is 20.3 Å². The molecular formula is C59H87B2ClF4N8O9. The molecule has 0 spiro atoms. The first kappa shape index (κ1) is 70.4. The number of halogens is 5. The van der Waals surface area contributed by atoms with Crippen LogP contribution in [0.2, 0.25) is 0 Å². The van der Waals surface area contributed by atoms with E-state index in [2.05, 4.69) is 41.4 Å². The number of alkyl carbamates (subject to hydrolysis) is 1. The highest BCUT2D eigenvalue weighted by Crippen LogP contribution is 2.38. The van der Waals surface area contributed by atoms with Crippen LogP contribution in [0.1, 0.15) is 116 Å². The summed E-state index contributed by atoms with van der Waals surface area (Å²) in [5, 5.41) is 40.9. The number of hydrogen-bond donors (Lipinski definition) is 5. The van der Waals surface area contributed by atoms with Crippen molar-refractivity contribution in [3.63, 3.8) is 0 Å². The minimum Gasteiger partial charge on any atom is -0.449 e. The number of aliphatic hydroxyl groups is 1. The molecule has 0 bridgehead atoms. The van der Waals surface area contributed by atoms with Gasteiger partial charge in [0.15, 0.2) is 0 Å². The number of benzene rings is 2. The number of amides is 3. The van der Waals surface area contributed by atoms with Crippen LogP contribution < -0.4 is 11.1 Å². The highest BCUT2D eigenvalue weighted by molar-refractivity contribution is 6.47. The van der Waals surface area contributed by atoms with E-state index in [1.807, 2.05) is 65.0 Å². The summed E-state index contributed by atoms with van der Waals surface area (Å²) in [4.78, 5) is 47.8. The van der Waals surface area contributed by atoms with E-state index < -0.39 is 54.5 Å². The molecule has 0 aromatic heterocycles. The molecule has 7 rings (SSSR count). The smallest absolute Gasteiger partial charge is 0.449 e. The van der Waals surface area contributed by atoms with Crippen molar-refractivity contribution in [3.8, 4) is 6.07 Å². The average molecular weight is 1190 g/mol. The van der Waals surface area contributed by atoms with Crippen molar-refractivity contribution in [2.75, 3.05) is 65.6 Å². The van der Waals surface area contributed by atoms with Crippen molar-refractivity contribution in [2.45, 2.75) is 167 Å². The predicted molar refractivity (Wildman–Crippen MR) is 314 cm³/mol. The van der Waals surface area contributed by atoms with Gasteiger partial charge in [0.25, 0.3) is 23.7 Å². The van der Waals surface area contributed by atoms with Crippen molar-refractivity contribution >= 4 is 44.6 Å². The number of nitrogens with one attached hydrogen (secondary N) is 1. The van der Waals surface area contributed by atoms with E-state index in [-0.39, 0.29) is 124 Å². The normalized spacial score (nSPS) is 22.3. The summed E-state index contributed by atoms with van der Waals surface area (Å²) >= 11 is 0. The van der Waals surface area contributed by atoms with Crippen LogP contribution in [-0.2, 0) is 36.5 Å². The first-order valence-corrected chi connectivity index (χ1v) is 28.4. The third kappa shape index (κ3) is 20.6. The van der Waals surface area contributed by atoms with Crippen LogP contribution in [0.25, 0.3) is 4.85 Å². The number of hydrogen-bond acceptors (Lipinski definition) is 13. The molecule has 17 nitrogen and oxygen atoms in total. The quantitative estimate of drug-likeness (QED) is 0.0362. The van der Waals surface area contributed by atoms with E-state index >= 15 is 0 Å². The van der Waals surface area contributed by atoms with Gasteiger partial charge < -0.3 is 50.1 Å². The van der Waals surface area contributed by atoms with E-state index in [4.69, 9.17) is 26.4 Å². The standard InChI is InChI=1S/C27H37BF2N4O5.C17H25F2N3O2.C15H24BNO2.ClH/c1-19-6-8-20(9-7-19)13-23(28(37)38)32-25(36)39-17-21-5-4-11-33(16-21)24(35)22(15-31)14-26(2,3)34-12-10-27(29,30)18-34;1-16(2,22-8-6-17(18,19)12-22)9-14(20-3)15(24)21-7-4-5-13(10-21)11-23;1-11-6-8-12(9-7-11)10-13(17)16-18-14(2,3)15(4,5)19-16;/h6-9,14,21,23,37-38H,4-5,10-13,16-18H2,1-3H3,(H,32,36);9,13,23H,4-8,10-12H2,1-2H3;6-9,13H,10,17H2,1-5H3;1H/t21-,23-;2*13-;/m000./s1. The minimum absolute atomic E-state index is 0. The van der Waals surface area contributed by atoms with Crippen LogP contribution in [0, 0.1) is 43.6 Å². The lowest BCUT2D eigenvalue weighted by atomic mass is 9.75. The molecule has 6 N–H and O–H groups in total. The topological polar surface area (TPSA) is 219 Å². The van der Waals surface area contributed by atoms with Gasteiger partial charge in [-0.15, -0.1) is 12.4 Å². The number of carbonyl (C=O) groups is 3. The Balaban J connectivity index is 0.000000287. The van der Waals surface area contributed by atoms with Gasteiger partial charge in [-0.2, -0.15) is 5.26 Å². The zero-order valence-electron chi connectivity index (χ0n) is 49.9. The molecule has 0 aliphatic carbocycles. The second kappa shape index (κ2) is 29.8. The number of ether oxygens (including phenoxy) is 1. The van der Waals surface area contributed by atoms with E-state index in [0.717, 1.165) is 30.4 Å². The molecule has 24 heteroatoms. The molecule has 0 unspecified atom stereocenters. The maximum absolute atomic E-state index is 13.7. The average Bonchev–Trinajstić information content (AvgIpc) is 4.26. The SMILES string of the molecule is Cc1ccc(C[C@H](N)B2OC(C)(C)C(C)(C)O2)cc1.Cc1ccc(C[C@H](NC(=O)OC[C@H]2CCCN(C(=O)C(C#N)=CC(C)(C)N3CCC(F)(F)C3)C2)B(O)O)cc1.Cl.[C-]#[N+]C(=CC(C)(C)N1CCC(F)(F)C1)C(=O)N1CCC[C@H](CO)C1. The largest absolute Gasteiger partial charge is 0.476 e. The van der Waals surface area contributed by atoms with E-state index in [9.17, 15) is 52.4 Å². The van der Waals surface area contributed by atoms with E-state index in [0.29, 0.717) is 32.5 Å². The third-order valence-electron chi connectivity index (χ3n) is 16.4. The Labute approximate surface area is 495 Å². The van der Waals surface area contributed by atoms with E-state index in [1.54, 1.807) is 42.4 Å². The number of piperidine rings is 2. The lowest BCUT2D eigenvalue weighted by molar-refractivity contribution is -0.129. The van der Waals surface area contributed by atoms with Crippen molar-refractivity contribution < 1.29 is 61.1 Å². The summed E-state index contributed by atoms with van der Waals surface area (Å²) in [6.07, 6.45) is 5.68. The molecule has 2 aromatic carbocycles. The van der Waals surface area contributed by atoms with Gasteiger partial charge in [0.1, 0.15) is 11.6 Å². The van der Waals surface area contributed by atoms with Gasteiger partial charge in [-0.05, 0) is 131 Å². The fraction of sp³-hybridized carbons (Fsp3) is 0.644. The molecule has 5 aliphatic rings. The third-order valence-corrected chi connectivity index (χ3v) is 16.4. The number of nitrogens with two attached hydrogens (primary N) is 1. The molecule has 5 fully saturated rings. The molecule has 83 heavy (non-hydrogen) atoms. The van der Waals surface area contributed by atoms with E-state index in [1.165, 1.54) is 28.2 Å². The Bertz CT molecular complexity index is 2620. The van der Waals surface area contributed by atoms with Crippen molar-refractivity contribution in [1.82, 2.24) is 24.9 Å². The molecule has 5 saturated heterocycles. The first-order valence-electron chi connectivity index (χ1n) is 28.4. The Morgan fingerprint density at radius 3 is 1.72 bits per heavy atom. The molecule has 5 heterocycles. The zero-order chi connectivity index (χ0) is 61.0. The lowest BCUT2D eigenvalue weighted by Crippen LogP contribution is -2.48. The highest BCUT2D eigenvalue weighted by atomic mass is 35.5. The van der Waals surface area contributed by atoms with Crippen molar-refractivity contribution in [3.05, 3.63) is 106 Å². The molecule has 458 valence electrons. The Hall–Kier alpha value is -5.07. The van der Waals surface area contributed by atoms with Gasteiger partial charge in [0.2, 0.25) is 5.70 Å². The Morgan fingerprint density at radius 1 is 0.819 bits per heavy atom. The summed E-state index contributed by atoms with van der Waals surface area (Å²) in [5.41, 5.74) is 8.13. The van der Waals surface area contributed by atoms with Crippen LogP contribution in [0.15, 0.2) is 72.0 Å². The second-order valence-corrected chi connectivity index (χ2v) is 24.8. The van der Waals surface area contributed by atoms with Crippen LogP contribution in [0.5, 0.6) is 0 Å². The molecule has 4 atom stereocenters. The van der Waals surface area contributed by atoms with Gasteiger partial charge in [-0.3, -0.25) is 19.4 Å². The molecule has 5 aliphatic heterocycles. The van der Waals surface area contributed by atoms with Gasteiger partial charge in [0.05, 0.1) is 43.4 Å². The number of rotatable bonds is 16. The molecule has 2 aromatic rings. The number of aliphatic hydroxyl groups excluding tert-OH is 1. The van der Waals surface area contributed by atoms with Crippen LogP contribution in [0.4, 0.5) is 22.4 Å². The summed E-state index contributed by atoms with van der Waals surface area (Å²) in [6, 6.07) is 17.8. The highest BCUT2D eigenvalue weighted by Gasteiger charge is 2.53. The van der Waals surface area contributed by atoms with Gasteiger partial charge in [-0.25, -0.2) is 27.2 Å². The summed E-state index contributed by atoms with van der Waals surface area (Å²) in [7, 11) is -2.12. The van der Waals surface area contributed by atoms with Crippen LogP contribution in [-0.4, -0.2) is 178 Å². The van der Waals surface area contributed by atoms with Crippen molar-refractivity contribution in [1.29, 1.82) is 5.26 Å². The maximum Gasteiger partial charge on any atom is 0.476 e. The molecule has 0 saturated carbocycles. The molecule has 3 amide bonds. The first-order chi connectivity index (χ1) is 38.2. The number of nitrogens with zero attached hydrogens (tertiary/aromatic N) is 6. The lowest BCUT2D eigenvalue weighted by Gasteiger charge is -2.35. The number of aryl methyl sites for hydroxylation is 2. The van der Waals surface area contributed by atoms with Gasteiger partial charge in [0, 0.05) is 81.7 Å². The number of nitriles is 1. The molecule has 0 radical (unpaired) electrons. The number of likely N-dealkylation sites (tertiary alicyclic amines) is 4. The fourth-order valence-corrected chi connectivity index (χ4v) is 10.5. The zero-order valence-corrected chi connectivity index (χ0v) is 50.8. The van der Waals surface area contributed by atoms with Crippen molar-refractivity contribution in [2.24, 2.45) is 17.6 Å². The van der Waals surface area contributed by atoms with Crippen LogP contribution in [0.3, 0.4) is 0 Å². The fourth-order valence-electron chi connectivity index (χ4n) is 10.5. The second-order valence-electron chi connectivity index (χ2n) is 24.8. The Kier molecular flexibility index (Phi) is 25.3. The summed E-state index contributed by atoms with van der Waals surface area (Å²) in [6.45, 7) is 27.8. The monoisotopic (exact) mass is 1180 g/mol. The Morgan fingerprint density at radius 2 is 1.28 bits per heavy atom.